The SMILES string of the molecule is O=C1C[C@H]([C@]2(Cc3ccccc3)C(=O)N(Cc3ccccc3)c3ccccc32)C(=O)N1Cc1ccc(Br)cc1. The van der Waals surface area contributed by atoms with Gasteiger partial charge in [0.1, 0.15) is 0 Å². The molecule has 0 aliphatic carbocycles. The van der Waals surface area contributed by atoms with Crippen molar-refractivity contribution in [2.45, 2.75) is 31.3 Å². The number of carbonyl (C=O) groups excluding carboxylic acids is 3. The van der Waals surface area contributed by atoms with E-state index in [2.05, 4.69) is 15.9 Å². The third-order valence-electron chi connectivity index (χ3n) is 7.90. The highest BCUT2D eigenvalue weighted by molar-refractivity contribution is 9.10. The first-order valence-corrected chi connectivity index (χ1v) is 13.8. The lowest BCUT2D eigenvalue weighted by Gasteiger charge is -2.33. The minimum atomic E-state index is -1.19. The summed E-state index contributed by atoms with van der Waals surface area (Å²) in [6, 6.07) is 35.0. The molecule has 2 aliphatic heterocycles. The molecule has 2 heterocycles. The summed E-state index contributed by atoms with van der Waals surface area (Å²) in [6.07, 6.45) is 0.340. The van der Waals surface area contributed by atoms with Crippen molar-refractivity contribution in [2.75, 3.05) is 4.90 Å². The average molecular weight is 579 g/mol. The Morgan fingerprint density at radius 2 is 1.23 bits per heavy atom. The van der Waals surface area contributed by atoms with Crippen molar-refractivity contribution in [1.82, 2.24) is 4.90 Å². The maximum atomic E-state index is 14.7. The summed E-state index contributed by atoms with van der Waals surface area (Å²) in [4.78, 5) is 45.3. The molecule has 6 rings (SSSR count). The van der Waals surface area contributed by atoms with Crippen molar-refractivity contribution in [3.63, 3.8) is 0 Å². The van der Waals surface area contributed by atoms with Crippen LogP contribution in [0.4, 0.5) is 5.69 Å². The average Bonchev–Trinajstić information content (AvgIpc) is 3.37. The quantitative estimate of drug-likeness (QED) is 0.251. The summed E-state index contributed by atoms with van der Waals surface area (Å²) in [5.41, 5.74) is 3.24. The molecule has 39 heavy (non-hydrogen) atoms. The van der Waals surface area contributed by atoms with E-state index >= 15 is 0 Å². The molecule has 0 aromatic heterocycles. The number of hydrogen-bond donors (Lipinski definition) is 0. The van der Waals surface area contributed by atoms with Gasteiger partial charge >= 0.3 is 0 Å². The van der Waals surface area contributed by atoms with Gasteiger partial charge in [0.15, 0.2) is 0 Å². The molecule has 4 aromatic rings. The summed E-state index contributed by atoms with van der Waals surface area (Å²) in [6.45, 7) is 0.580. The lowest BCUT2D eigenvalue weighted by Crippen LogP contribution is -2.49. The van der Waals surface area contributed by atoms with Crippen LogP contribution in [0.5, 0.6) is 0 Å². The number of halogens is 1. The maximum Gasteiger partial charge on any atom is 0.239 e. The standard InChI is InChI=1S/C33H27BrN2O3/c34-26-17-15-25(16-18-26)22-36-30(37)19-28(31(36)38)33(20-23-9-3-1-4-10-23)27-13-7-8-14-29(27)35(32(33)39)21-24-11-5-2-6-12-24/h1-18,28H,19-22H2/t28-,33+/m0/s1. The predicted molar refractivity (Wildman–Crippen MR) is 154 cm³/mol. The number of imide groups is 1. The van der Waals surface area contributed by atoms with E-state index in [-0.39, 0.29) is 30.7 Å². The lowest BCUT2D eigenvalue weighted by molar-refractivity contribution is -0.142. The summed E-state index contributed by atoms with van der Waals surface area (Å²) in [5.74, 6) is -1.46. The van der Waals surface area contributed by atoms with Gasteiger partial charge in [-0.1, -0.05) is 107 Å². The Bertz CT molecular complexity index is 1540. The summed E-state index contributed by atoms with van der Waals surface area (Å²) < 4.78 is 0.927. The molecule has 6 heteroatoms. The van der Waals surface area contributed by atoms with Gasteiger partial charge < -0.3 is 4.90 Å². The normalized spacial score (nSPS) is 20.5. The van der Waals surface area contributed by atoms with Gasteiger partial charge in [0, 0.05) is 16.6 Å². The minimum Gasteiger partial charge on any atom is -0.307 e. The van der Waals surface area contributed by atoms with Gasteiger partial charge in [0.2, 0.25) is 17.7 Å². The van der Waals surface area contributed by atoms with Crippen LogP contribution in [0.2, 0.25) is 0 Å². The zero-order valence-electron chi connectivity index (χ0n) is 21.3. The minimum absolute atomic E-state index is 0.00143. The highest BCUT2D eigenvalue weighted by Crippen LogP contribution is 2.52. The van der Waals surface area contributed by atoms with Crippen LogP contribution in [0, 0.1) is 5.92 Å². The van der Waals surface area contributed by atoms with Gasteiger partial charge in [-0.15, -0.1) is 0 Å². The topological polar surface area (TPSA) is 57.7 Å². The smallest absolute Gasteiger partial charge is 0.239 e. The van der Waals surface area contributed by atoms with Crippen LogP contribution < -0.4 is 4.90 Å². The van der Waals surface area contributed by atoms with E-state index in [1.54, 1.807) is 4.90 Å². The van der Waals surface area contributed by atoms with Crippen molar-refractivity contribution in [2.24, 2.45) is 5.92 Å². The lowest BCUT2D eigenvalue weighted by atomic mass is 9.66. The van der Waals surface area contributed by atoms with Crippen LogP contribution in [-0.4, -0.2) is 22.6 Å². The number of para-hydroxylation sites is 1. The second kappa shape index (κ2) is 10.3. The molecule has 0 radical (unpaired) electrons. The number of benzene rings is 4. The third kappa shape index (κ3) is 4.49. The zero-order valence-corrected chi connectivity index (χ0v) is 22.9. The number of anilines is 1. The second-order valence-electron chi connectivity index (χ2n) is 10.2. The molecular weight excluding hydrogens is 552 g/mol. The predicted octanol–water partition coefficient (Wildman–Crippen LogP) is 6.05. The fraction of sp³-hybridized carbons (Fsp3) is 0.182. The van der Waals surface area contributed by atoms with Gasteiger partial charge in [-0.25, -0.2) is 0 Å². The molecule has 2 aliphatic rings. The number of rotatable bonds is 7. The Kier molecular flexibility index (Phi) is 6.65. The number of nitrogens with zero attached hydrogens (tertiary/aromatic N) is 2. The van der Waals surface area contributed by atoms with E-state index in [1.165, 1.54) is 4.90 Å². The molecule has 3 amide bonds. The van der Waals surface area contributed by atoms with Crippen LogP contribution in [-0.2, 0) is 39.3 Å². The van der Waals surface area contributed by atoms with Crippen LogP contribution in [0.15, 0.2) is 114 Å². The van der Waals surface area contributed by atoms with Crippen LogP contribution in [0.1, 0.15) is 28.7 Å². The summed E-state index contributed by atoms with van der Waals surface area (Å²) >= 11 is 3.44. The molecular formula is C33H27BrN2O3. The molecule has 194 valence electrons. The van der Waals surface area contributed by atoms with Gasteiger partial charge in [-0.05, 0) is 46.9 Å². The van der Waals surface area contributed by atoms with Crippen molar-refractivity contribution in [3.8, 4) is 0 Å². The number of carbonyl (C=O) groups is 3. The van der Waals surface area contributed by atoms with Crippen molar-refractivity contribution in [1.29, 1.82) is 0 Å². The molecule has 0 bridgehead atoms. The Morgan fingerprint density at radius 3 is 1.92 bits per heavy atom. The molecule has 5 nitrogen and oxygen atoms in total. The van der Waals surface area contributed by atoms with Gasteiger partial charge in [-0.2, -0.15) is 0 Å². The third-order valence-corrected chi connectivity index (χ3v) is 8.43. The Labute approximate surface area is 236 Å². The first-order valence-electron chi connectivity index (χ1n) is 13.1. The second-order valence-corrected chi connectivity index (χ2v) is 11.1. The molecule has 0 unspecified atom stereocenters. The van der Waals surface area contributed by atoms with Crippen molar-refractivity contribution < 1.29 is 14.4 Å². The summed E-state index contributed by atoms with van der Waals surface area (Å²) in [7, 11) is 0. The van der Waals surface area contributed by atoms with E-state index in [4.69, 9.17) is 0 Å². The number of fused-ring (bicyclic) bond motifs is 1. The van der Waals surface area contributed by atoms with Crippen LogP contribution in [0.3, 0.4) is 0 Å². The van der Waals surface area contributed by atoms with Crippen molar-refractivity contribution in [3.05, 3.63) is 136 Å². The molecule has 4 aromatic carbocycles. The summed E-state index contributed by atoms with van der Waals surface area (Å²) in [5, 5.41) is 0. The molecule has 0 N–H and O–H groups in total. The monoisotopic (exact) mass is 578 g/mol. The molecule has 2 atom stereocenters. The highest BCUT2D eigenvalue weighted by Gasteiger charge is 2.61. The van der Waals surface area contributed by atoms with Gasteiger partial charge in [-0.3, -0.25) is 19.3 Å². The highest BCUT2D eigenvalue weighted by atomic mass is 79.9. The molecule has 1 fully saturated rings. The first-order chi connectivity index (χ1) is 19.0. The Morgan fingerprint density at radius 1 is 0.667 bits per heavy atom. The van der Waals surface area contributed by atoms with E-state index in [0.717, 1.165) is 32.4 Å². The van der Waals surface area contributed by atoms with Gasteiger partial charge in [0.05, 0.1) is 24.4 Å². The van der Waals surface area contributed by atoms with Crippen molar-refractivity contribution >= 4 is 39.3 Å². The van der Waals surface area contributed by atoms with E-state index in [0.29, 0.717) is 13.0 Å². The number of hydrogen-bond acceptors (Lipinski definition) is 3. The Balaban J connectivity index is 1.44. The van der Waals surface area contributed by atoms with E-state index in [9.17, 15) is 14.4 Å². The Hall–Kier alpha value is -4.03. The van der Waals surface area contributed by atoms with E-state index < -0.39 is 11.3 Å². The molecule has 1 saturated heterocycles. The van der Waals surface area contributed by atoms with Crippen LogP contribution >= 0.6 is 15.9 Å². The first kappa shape index (κ1) is 25.3. The number of amides is 3. The number of likely N-dealkylation sites (tertiary alicyclic amines) is 1. The molecule has 0 spiro atoms. The maximum absolute atomic E-state index is 14.7. The van der Waals surface area contributed by atoms with Gasteiger partial charge in [0.25, 0.3) is 0 Å². The van der Waals surface area contributed by atoms with E-state index in [1.807, 2.05) is 109 Å². The molecule has 0 saturated carbocycles. The largest absolute Gasteiger partial charge is 0.307 e. The zero-order chi connectivity index (χ0) is 27.0. The van der Waals surface area contributed by atoms with Crippen LogP contribution in [0.25, 0.3) is 0 Å². The fourth-order valence-electron chi connectivity index (χ4n) is 6.03. The fourth-order valence-corrected chi connectivity index (χ4v) is 6.29.